The first kappa shape index (κ1) is 22.6. The van der Waals surface area contributed by atoms with Crippen molar-refractivity contribution >= 4 is 21.7 Å². The van der Waals surface area contributed by atoms with Crippen LogP contribution in [0, 0.1) is 0 Å². The number of nitrogens with one attached hydrogen (secondary N) is 2. The van der Waals surface area contributed by atoms with Gasteiger partial charge in [-0.25, -0.2) is 4.98 Å². The van der Waals surface area contributed by atoms with E-state index in [0.29, 0.717) is 12.4 Å². The van der Waals surface area contributed by atoms with Gasteiger partial charge in [0.25, 0.3) is 0 Å². The summed E-state index contributed by atoms with van der Waals surface area (Å²) in [5.74, 6) is 2.44. The Balaban J connectivity index is 1.14. The minimum atomic E-state index is 0.441. The van der Waals surface area contributed by atoms with Gasteiger partial charge >= 0.3 is 0 Å². The molecule has 1 aliphatic heterocycles. The lowest BCUT2D eigenvalue weighted by Gasteiger charge is -2.11. The van der Waals surface area contributed by atoms with E-state index in [1.54, 1.807) is 6.20 Å². The van der Waals surface area contributed by atoms with Crippen LogP contribution in [-0.4, -0.2) is 48.4 Å². The molecule has 3 aromatic carbocycles. The van der Waals surface area contributed by atoms with Crippen molar-refractivity contribution in [1.82, 2.24) is 35.3 Å². The van der Waals surface area contributed by atoms with Gasteiger partial charge in [0, 0.05) is 22.7 Å². The van der Waals surface area contributed by atoms with Crippen LogP contribution in [-0.2, 0) is 13.2 Å². The molecule has 1 fully saturated rings. The van der Waals surface area contributed by atoms with Crippen LogP contribution in [0.25, 0.3) is 44.3 Å². The Hall–Kier alpha value is -4.56. The molecule has 188 valence electrons. The van der Waals surface area contributed by atoms with E-state index >= 15 is 0 Å². The maximum atomic E-state index is 5.96. The molecule has 1 saturated heterocycles. The Bertz CT molecular complexity index is 1720. The number of nitrogens with zero attached hydrogens (tertiary/aromatic N) is 5. The van der Waals surface area contributed by atoms with Crippen molar-refractivity contribution in [1.29, 1.82) is 0 Å². The minimum absolute atomic E-state index is 0.441. The topological polar surface area (TPSA) is 95.6 Å². The molecule has 8 nitrogen and oxygen atoms in total. The third kappa shape index (κ3) is 4.50. The average molecular weight is 502 g/mol. The highest BCUT2D eigenvalue weighted by molar-refractivity contribution is 5.97. The monoisotopic (exact) mass is 501 g/mol. The van der Waals surface area contributed by atoms with Crippen molar-refractivity contribution in [2.24, 2.45) is 0 Å². The van der Waals surface area contributed by atoms with E-state index in [1.807, 2.05) is 36.4 Å². The molecule has 0 amide bonds. The van der Waals surface area contributed by atoms with E-state index in [1.165, 1.54) is 12.8 Å². The van der Waals surface area contributed by atoms with Crippen molar-refractivity contribution in [3.63, 3.8) is 0 Å². The molecule has 0 unspecified atom stereocenters. The second-order valence-electron chi connectivity index (χ2n) is 9.76. The molecule has 2 N–H and O–H groups in total. The maximum Gasteiger partial charge on any atom is 0.181 e. The average Bonchev–Trinajstić information content (AvgIpc) is 3.74. The second kappa shape index (κ2) is 9.72. The first-order valence-corrected chi connectivity index (χ1v) is 13.0. The van der Waals surface area contributed by atoms with E-state index in [4.69, 9.17) is 9.72 Å². The molecule has 0 aliphatic carbocycles. The molecule has 0 spiro atoms. The molecule has 3 aromatic heterocycles. The number of rotatable bonds is 7. The van der Waals surface area contributed by atoms with E-state index in [0.717, 1.165) is 75.4 Å². The Morgan fingerprint density at radius 1 is 0.816 bits per heavy atom. The van der Waals surface area contributed by atoms with E-state index in [9.17, 15) is 0 Å². The first-order valence-electron chi connectivity index (χ1n) is 13.0. The summed E-state index contributed by atoms with van der Waals surface area (Å²) in [6.07, 6.45) is 4.30. The molecular weight excluding hydrogens is 474 g/mol. The summed E-state index contributed by atoms with van der Waals surface area (Å²) in [6.45, 7) is 3.52. The summed E-state index contributed by atoms with van der Waals surface area (Å²) in [6, 6.07) is 24.6. The molecule has 0 radical (unpaired) electrons. The van der Waals surface area contributed by atoms with Crippen LogP contribution in [0.15, 0.2) is 79.0 Å². The maximum absolute atomic E-state index is 5.96. The number of aromatic nitrogens is 6. The van der Waals surface area contributed by atoms with Gasteiger partial charge in [-0.1, -0.05) is 24.3 Å². The molecule has 0 saturated carbocycles. The highest BCUT2D eigenvalue weighted by atomic mass is 16.5. The molecule has 7 rings (SSSR count). The van der Waals surface area contributed by atoms with Crippen LogP contribution in [0.5, 0.6) is 5.75 Å². The Labute approximate surface area is 219 Å². The second-order valence-corrected chi connectivity index (χ2v) is 9.76. The number of ether oxygens (including phenoxy) is 1. The number of H-pyrrole nitrogens is 2. The lowest BCUT2D eigenvalue weighted by atomic mass is 10.0. The summed E-state index contributed by atoms with van der Waals surface area (Å²) in [4.78, 5) is 11.5. The molecule has 6 aromatic rings. The number of fused-ring (bicyclic) bond motifs is 2. The fourth-order valence-corrected chi connectivity index (χ4v) is 5.12. The summed E-state index contributed by atoms with van der Waals surface area (Å²) >= 11 is 0. The predicted molar refractivity (Wildman–Crippen MR) is 147 cm³/mol. The number of hydrogen-bond donors (Lipinski definition) is 2. The molecule has 4 heterocycles. The molecular formula is C30H27N7O. The number of aromatic amines is 2. The van der Waals surface area contributed by atoms with Gasteiger partial charge in [-0.2, -0.15) is 10.2 Å². The third-order valence-corrected chi connectivity index (χ3v) is 7.12. The van der Waals surface area contributed by atoms with Crippen molar-refractivity contribution in [3.8, 4) is 28.4 Å². The van der Waals surface area contributed by atoms with E-state index in [-0.39, 0.29) is 0 Å². The molecule has 0 bridgehead atoms. The van der Waals surface area contributed by atoms with Crippen LogP contribution in [0.3, 0.4) is 0 Å². The van der Waals surface area contributed by atoms with Crippen molar-refractivity contribution in [3.05, 3.63) is 90.5 Å². The lowest BCUT2D eigenvalue weighted by molar-refractivity contribution is 0.302. The summed E-state index contributed by atoms with van der Waals surface area (Å²) in [7, 11) is 0. The third-order valence-electron chi connectivity index (χ3n) is 7.12. The quantitative estimate of drug-likeness (QED) is 0.290. The largest absolute Gasteiger partial charge is 0.487 e. The van der Waals surface area contributed by atoms with Crippen molar-refractivity contribution in [2.75, 3.05) is 13.1 Å². The zero-order valence-electron chi connectivity index (χ0n) is 20.9. The fraction of sp³-hybridized carbons (Fsp3) is 0.200. The number of hydrogen-bond acceptors (Lipinski definition) is 6. The number of pyridine rings is 1. The molecule has 1 aliphatic rings. The van der Waals surface area contributed by atoms with Gasteiger partial charge in [0.1, 0.15) is 18.2 Å². The zero-order valence-corrected chi connectivity index (χ0v) is 20.9. The van der Waals surface area contributed by atoms with Crippen molar-refractivity contribution < 1.29 is 4.74 Å². The smallest absolute Gasteiger partial charge is 0.181 e. The van der Waals surface area contributed by atoms with Gasteiger partial charge in [-0.3, -0.25) is 20.1 Å². The fourth-order valence-electron chi connectivity index (χ4n) is 5.12. The van der Waals surface area contributed by atoms with Crippen LogP contribution < -0.4 is 4.74 Å². The van der Waals surface area contributed by atoms with Gasteiger partial charge in [-0.15, -0.1) is 0 Å². The van der Waals surface area contributed by atoms with Gasteiger partial charge in [0.2, 0.25) is 0 Å². The van der Waals surface area contributed by atoms with E-state index < -0.39 is 0 Å². The Kier molecular flexibility index (Phi) is 5.79. The summed E-state index contributed by atoms with van der Waals surface area (Å²) in [5.41, 5.74) is 4.81. The highest BCUT2D eigenvalue weighted by Gasteiger charge is 2.16. The molecule has 0 atom stereocenters. The zero-order chi connectivity index (χ0) is 25.3. The van der Waals surface area contributed by atoms with Crippen LogP contribution in [0.4, 0.5) is 0 Å². The summed E-state index contributed by atoms with van der Waals surface area (Å²) in [5, 5.41) is 18.7. The SMILES string of the molecule is c1ccc(COc2ccc3cc(-c4n[nH]c5ccc(-c6n[nH]c(CN7CCCC7)n6)cc45)ccc3c2)nc1. The Morgan fingerprint density at radius 3 is 2.58 bits per heavy atom. The predicted octanol–water partition coefficient (Wildman–Crippen LogP) is 5.74. The first-order chi connectivity index (χ1) is 18.8. The van der Waals surface area contributed by atoms with Crippen LogP contribution in [0.2, 0.25) is 0 Å². The van der Waals surface area contributed by atoms with Gasteiger partial charge in [-0.05, 0) is 85.2 Å². The van der Waals surface area contributed by atoms with Crippen LogP contribution in [0.1, 0.15) is 24.4 Å². The number of benzene rings is 3. The highest BCUT2D eigenvalue weighted by Crippen LogP contribution is 2.32. The normalized spacial score (nSPS) is 14.0. The van der Waals surface area contributed by atoms with E-state index in [2.05, 4.69) is 66.7 Å². The number of likely N-dealkylation sites (tertiary alicyclic amines) is 1. The molecule has 38 heavy (non-hydrogen) atoms. The van der Waals surface area contributed by atoms with Crippen LogP contribution >= 0.6 is 0 Å². The van der Waals surface area contributed by atoms with Crippen molar-refractivity contribution in [2.45, 2.75) is 26.0 Å². The lowest BCUT2D eigenvalue weighted by Crippen LogP contribution is -2.19. The molecule has 8 heteroatoms. The van der Waals surface area contributed by atoms with Gasteiger partial charge < -0.3 is 4.74 Å². The van der Waals surface area contributed by atoms with Gasteiger partial charge in [0.15, 0.2) is 5.82 Å². The standard InChI is InChI=1S/C30H27N7O/c1-2-12-31-24(5-1)19-38-25-10-8-20-15-22(7-6-21(20)16-25)29-26-17-23(9-11-27(26)33-35-29)30-32-28(34-36-30)18-37-13-3-4-14-37/h1-2,5-12,15-17H,3-4,13-14,18-19H2,(H,33,35)(H,32,34,36). The summed E-state index contributed by atoms with van der Waals surface area (Å²) < 4.78 is 5.96. The van der Waals surface area contributed by atoms with Gasteiger partial charge in [0.05, 0.1) is 23.4 Å². The minimum Gasteiger partial charge on any atom is -0.487 e. The Morgan fingerprint density at radius 2 is 1.68 bits per heavy atom.